The molecule has 1 saturated heterocycles. The summed E-state index contributed by atoms with van der Waals surface area (Å²) in [6.45, 7) is 3.53. The van der Waals surface area contributed by atoms with Gasteiger partial charge in [-0.2, -0.15) is 4.31 Å². The van der Waals surface area contributed by atoms with Gasteiger partial charge in [-0.1, -0.05) is 31.4 Å². The summed E-state index contributed by atoms with van der Waals surface area (Å²) in [6, 6.07) is 7.22. The van der Waals surface area contributed by atoms with Gasteiger partial charge in [-0.25, -0.2) is 8.42 Å². The number of fused-ring (bicyclic) bond motifs is 1. The minimum atomic E-state index is -3.64. The molecule has 1 aliphatic carbocycles. The lowest BCUT2D eigenvalue weighted by Gasteiger charge is -2.35. The Morgan fingerprint density at radius 1 is 1.10 bits per heavy atom. The first-order valence-electron chi connectivity index (χ1n) is 10.6. The average Bonchev–Trinajstić information content (AvgIpc) is 2.74. The predicted octanol–water partition coefficient (Wildman–Crippen LogP) is 3.35. The minimum Gasteiger partial charge on any atom is -0.340 e. The summed E-state index contributed by atoms with van der Waals surface area (Å²) in [5.41, 5.74) is 1.51. The highest BCUT2D eigenvalue weighted by Gasteiger charge is 2.32. The highest BCUT2D eigenvalue weighted by atomic mass is 32.2. The Kier molecular flexibility index (Phi) is 5.88. The smallest absolute Gasteiger partial charge is 0.245 e. The van der Waals surface area contributed by atoms with Gasteiger partial charge in [0, 0.05) is 44.2 Å². The predicted molar refractivity (Wildman–Crippen MR) is 113 cm³/mol. The number of carbonyl (C=O) groups is 1. The van der Waals surface area contributed by atoms with Crippen LogP contribution in [0.1, 0.15) is 44.1 Å². The quantitative estimate of drug-likeness (QED) is 0.768. The summed E-state index contributed by atoms with van der Waals surface area (Å²) in [5, 5.41) is 0.826. The first-order chi connectivity index (χ1) is 13.9. The van der Waals surface area contributed by atoms with E-state index in [1.54, 1.807) is 18.3 Å². The molecule has 1 aromatic carbocycles. The molecule has 29 heavy (non-hydrogen) atoms. The van der Waals surface area contributed by atoms with Crippen molar-refractivity contribution in [1.82, 2.24) is 14.2 Å². The monoisotopic (exact) mass is 415 g/mol. The Balaban J connectivity index is 1.44. The molecule has 0 atom stereocenters. The summed E-state index contributed by atoms with van der Waals surface area (Å²) in [7, 11) is -3.64. The maximum absolute atomic E-state index is 13.3. The standard InChI is InChI=1S/C22H29N3O3S/c1-17-14-19-8-5-9-20(22(19)23-16-17)29(27,28)25-12-10-24(11-13-25)21(26)15-18-6-3-2-4-7-18/h5,8-9,14,16,18H,2-4,6-7,10-13,15H2,1H3. The van der Waals surface area contributed by atoms with Gasteiger partial charge in [-0.3, -0.25) is 9.78 Å². The maximum atomic E-state index is 13.3. The number of piperazine rings is 1. The molecule has 2 aliphatic rings. The van der Waals surface area contributed by atoms with Gasteiger partial charge < -0.3 is 4.90 Å². The molecule has 0 unspecified atom stereocenters. The number of para-hydroxylation sites is 1. The van der Waals surface area contributed by atoms with E-state index in [2.05, 4.69) is 4.98 Å². The van der Waals surface area contributed by atoms with Gasteiger partial charge in [0.25, 0.3) is 0 Å². The molecule has 156 valence electrons. The fourth-order valence-electron chi connectivity index (χ4n) is 4.54. The third kappa shape index (κ3) is 4.31. The summed E-state index contributed by atoms with van der Waals surface area (Å²) in [6.07, 6.45) is 8.33. The van der Waals surface area contributed by atoms with Crippen molar-refractivity contribution in [3.05, 3.63) is 36.0 Å². The normalized spacial score (nSPS) is 19.6. The molecule has 6 nitrogen and oxygen atoms in total. The van der Waals surface area contributed by atoms with E-state index in [9.17, 15) is 13.2 Å². The van der Waals surface area contributed by atoms with Crippen LogP contribution in [0, 0.1) is 12.8 Å². The van der Waals surface area contributed by atoms with Crippen LogP contribution in [0.25, 0.3) is 10.9 Å². The molecule has 2 fully saturated rings. The summed E-state index contributed by atoms with van der Waals surface area (Å²) in [5.74, 6) is 0.680. The topological polar surface area (TPSA) is 70.6 Å². The summed E-state index contributed by atoms with van der Waals surface area (Å²) >= 11 is 0. The van der Waals surface area contributed by atoms with Crippen molar-refractivity contribution in [2.24, 2.45) is 5.92 Å². The zero-order valence-electron chi connectivity index (χ0n) is 17.0. The second-order valence-electron chi connectivity index (χ2n) is 8.33. The highest BCUT2D eigenvalue weighted by molar-refractivity contribution is 7.89. The van der Waals surface area contributed by atoms with Crippen LogP contribution in [0.4, 0.5) is 0 Å². The number of aryl methyl sites for hydroxylation is 1. The van der Waals surface area contributed by atoms with E-state index in [1.807, 2.05) is 24.0 Å². The molecule has 0 bridgehead atoms. The molecule has 1 saturated carbocycles. The van der Waals surface area contributed by atoms with Crippen LogP contribution in [0.15, 0.2) is 35.4 Å². The molecule has 2 heterocycles. The van der Waals surface area contributed by atoms with Crippen LogP contribution >= 0.6 is 0 Å². The molecule has 1 amide bonds. The van der Waals surface area contributed by atoms with Crippen molar-refractivity contribution >= 4 is 26.8 Å². The Hall–Kier alpha value is -1.99. The number of sulfonamides is 1. The number of amides is 1. The molecule has 1 aromatic heterocycles. The van der Waals surface area contributed by atoms with E-state index in [0.29, 0.717) is 44.0 Å². The van der Waals surface area contributed by atoms with Crippen molar-refractivity contribution in [2.45, 2.75) is 50.3 Å². The number of rotatable bonds is 4. The second-order valence-corrected chi connectivity index (χ2v) is 10.2. The first-order valence-corrected chi connectivity index (χ1v) is 12.0. The van der Waals surface area contributed by atoms with E-state index < -0.39 is 10.0 Å². The molecular formula is C22H29N3O3S. The van der Waals surface area contributed by atoms with Gasteiger partial charge in [0.15, 0.2) is 0 Å². The molecule has 0 radical (unpaired) electrons. The fourth-order valence-corrected chi connectivity index (χ4v) is 6.12. The summed E-state index contributed by atoms with van der Waals surface area (Å²) < 4.78 is 28.0. The number of pyridine rings is 1. The molecule has 4 rings (SSSR count). The number of hydrogen-bond acceptors (Lipinski definition) is 4. The largest absolute Gasteiger partial charge is 0.340 e. The van der Waals surface area contributed by atoms with Gasteiger partial charge in [0.05, 0.1) is 5.52 Å². The third-order valence-electron chi connectivity index (χ3n) is 6.21. The second kappa shape index (κ2) is 8.40. The van der Waals surface area contributed by atoms with Crippen molar-refractivity contribution in [1.29, 1.82) is 0 Å². The van der Waals surface area contributed by atoms with Crippen LogP contribution < -0.4 is 0 Å². The van der Waals surface area contributed by atoms with Gasteiger partial charge >= 0.3 is 0 Å². The number of nitrogens with zero attached hydrogens (tertiary/aromatic N) is 3. The van der Waals surface area contributed by atoms with Crippen LogP contribution in [0.5, 0.6) is 0 Å². The number of carbonyl (C=O) groups excluding carboxylic acids is 1. The third-order valence-corrected chi connectivity index (χ3v) is 8.14. The van der Waals surface area contributed by atoms with Gasteiger partial charge in [0.1, 0.15) is 4.90 Å². The SMILES string of the molecule is Cc1cnc2c(S(=O)(=O)N3CCN(C(=O)CC4CCCCC4)CC3)cccc2c1. The van der Waals surface area contributed by atoms with Crippen molar-refractivity contribution in [2.75, 3.05) is 26.2 Å². The number of aromatic nitrogens is 1. The lowest BCUT2D eigenvalue weighted by molar-refractivity contribution is -0.133. The molecule has 2 aromatic rings. The van der Waals surface area contributed by atoms with E-state index in [-0.39, 0.29) is 10.8 Å². The average molecular weight is 416 g/mol. The van der Waals surface area contributed by atoms with Crippen LogP contribution in [0.3, 0.4) is 0 Å². The first kappa shape index (κ1) is 20.3. The fraction of sp³-hybridized carbons (Fsp3) is 0.545. The van der Waals surface area contributed by atoms with Crippen LogP contribution in [-0.2, 0) is 14.8 Å². The zero-order chi connectivity index (χ0) is 20.4. The molecule has 0 spiro atoms. The Morgan fingerprint density at radius 3 is 2.55 bits per heavy atom. The van der Waals surface area contributed by atoms with Crippen molar-refractivity contribution < 1.29 is 13.2 Å². The number of benzene rings is 1. The van der Waals surface area contributed by atoms with E-state index in [1.165, 1.54) is 23.6 Å². The summed E-state index contributed by atoms with van der Waals surface area (Å²) in [4.78, 5) is 19.1. The van der Waals surface area contributed by atoms with Gasteiger partial charge in [0.2, 0.25) is 15.9 Å². The lowest BCUT2D eigenvalue weighted by Crippen LogP contribution is -2.50. The van der Waals surface area contributed by atoms with E-state index in [4.69, 9.17) is 0 Å². The lowest BCUT2D eigenvalue weighted by atomic mass is 9.86. The van der Waals surface area contributed by atoms with Crippen LogP contribution in [0.2, 0.25) is 0 Å². The Bertz CT molecular complexity index is 992. The van der Waals surface area contributed by atoms with Gasteiger partial charge in [-0.05, 0) is 43.4 Å². The highest BCUT2D eigenvalue weighted by Crippen LogP contribution is 2.28. The zero-order valence-corrected chi connectivity index (χ0v) is 17.8. The Labute approximate surface area is 173 Å². The van der Waals surface area contributed by atoms with Crippen LogP contribution in [-0.4, -0.2) is 54.7 Å². The molecule has 0 N–H and O–H groups in total. The molecular weight excluding hydrogens is 386 g/mol. The maximum Gasteiger partial charge on any atom is 0.245 e. The minimum absolute atomic E-state index is 0.177. The molecule has 7 heteroatoms. The van der Waals surface area contributed by atoms with Gasteiger partial charge in [-0.15, -0.1) is 0 Å². The number of hydrogen-bond donors (Lipinski definition) is 0. The molecule has 1 aliphatic heterocycles. The van der Waals surface area contributed by atoms with E-state index >= 15 is 0 Å². The van der Waals surface area contributed by atoms with Crippen molar-refractivity contribution in [3.63, 3.8) is 0 Å². The Morgan fingerprint density at radius 2 is 1.83 bits per heavy atom. The van der Waals surface area contributed by atoms with E-state index in [0.717, 1.165) is 23.8 Å². The van der Waals surface area contributed by atoms with Crippen molar-refractivity contribution in [3.8, 4) is 0 Å².